The van der Waals surface area contributed by atoms with Crippen molar-refractivity contribution in [1.29, 1.82) is 0 Å². The first-order valence-electron chi connectivity index (χ1n) is 8.52. The molecule has 0 aliphatic carbocycles. The first-order valence-corrected chi connectivity index (χ1v) is 8.52. The molecule has 6 heteroatoms. The van der Waals surface area contributed by atoms with E-state index < -0.39 is 0 Å². The normalized spacial score (nSPS) is 11.3. The molecule has 2 rings (SSSR count). The maximum Gasteiger partial charge on any atom is 0.191 e. The van der Waals surface area contributed by atoms with Crippen LogP contribution >= 0.6 is 0 Å². The summed E-state index contributed by atoms with van der Waals surface area (Å²) in [6.45, 7) is 4.08. The molecule has 0 spiro atoms. The first-order chi connectivity index (χ1) is 12.6. The minimum absolute atomic E-state index is 0.189. The number of benzene rings is 2. The van der Waals surface area contributed by atoms with E-state index in [4.69, 9.17) is 9.47 Å². The van der Waals surface area contributed by atoms with Gasteiger partial charge in [-0.25, -0.2) is 4.39 Å². The van der Waals surface area contributed by atoms with Gasteiger partial charge in [0.05, 0.1) is 6.61 Å². The number of aryl methyl sites for hydroxylation is 1. The Kier molecular flexibility index (Phi) is 7.89. The van der Waals surface area contributed by atoms with Gasteiger partial charge in [-0.2, -0.15) is 0 Å². The molecule has 2 aromatic rings. The van der Waals surface area contributed by atoms with E-state index in [0.717, 1.165) is 16.9 Å². The molecule has 26 heavy (non-hydrogen) atoms. The summed E-state index contributed by atoms with van der Waals surface area (Å²) < 4.78 is 23.8. The highest BCUT2D eigenvalue weighted by Gasteiger charge is 2.02. The molecule has 140 valence electrons. The van der Waals surface area contributed by atoms with Gasteiger partial charge < -0.3 is 20.1 Å². The first kappa shape index (κ1) is 19.7. The molecule has 0 fully saturated rings. The number of hydrogen-bond acceptors (Lipinski definition) is 3. The Bertz CT molecular complexity index is 717. The summed E-state index contributed by atoms with van der Waals surface area (Å²) in [4.78, 5) is 4.21. The lowest BCUT2D eigenvalue weighted by atomic mass is 10.1. The molecule has 0 amide bonds. The lowest BCUT2D eigenvalue weighted by molar-refractivity contribution is 0.146. The number of aliphatic imine (C=N–C) groups is 1. The molecular weight excluding hydrogens is 333 g/mol. The van der Waals surface area contributed by atoms with E-state index in [-0.39, 0.29) is 5.82 Å². The zero-order valence-electron chi connectivity index (χ0n) is 15.5. The van der Waals surface area contributed by atoms with Crippen LogP contribution in [-0.4, -0.2) is 33.3 Å². The molecule has 0 aliphatic heterocycles. The van der Waals surface area contributed by atoms with E-state index in [0.29, 0.717) is 37.8 Å². The number of hydrogen-bond donors (Lipinski definition) is 2. The van der Waals surface area contributed by atoms with E-state index in [1.54, 1.807) is 27.1 Å². The Labute approximate surface area is 154 Å². The van der Waals surface area contributed by atoms with Gasteiger partial charge in [-0.1, -0.05) is 24.3 Å². The topological polar surface area (TPSA) is 54.9 Å². The molecule has 0 heterocycles. The highest BCUT2D eigenvalue weighted by Crippen LogP contribution is 2.12. The van der Waals surface area contributed by atoms with Crippen molar-refractivity contribution in [3.05, 3.63) is 65.0 Å². The van der Waals surface area contributed by atoms with Gasteiger partial charge in [0, 0.05) is 27.2 Å². The van der Waals surface area contributed by atoms with Crippen molar-refractivity contribution in [3.63, 3.8) is 0 Å². The molecule has 0 saturated carbocycles. The third-order valence-electron chi connectivity index (χ3n) is 3.85. The molecular formula is C20H26FN3O2. The van der Waals surface area contributed by atoms with Crippen LogP contribution in [0.4, 0.5) is 4.39 Å². The van der Waals surface area contributed by atoms with Crippen LogP contribution in [0.15, 0.2) is 47.5 Å². The monoisotopic (exact) mass is 359 g/mol. The number of guanidine groups is 1. The minimum atomic E-state index is -0.189. The fourth-order valence-corrected chi connectivity index (χ4v) is 2.36. The van der Waals surface area contributed by atoms with Gasteiger partial charge in [0.25, 0.3) is 0 Å². The number of nitrogens with one attached hydrogen (secondary N) is 2. The quantitative estimate of drug-likeness (QED) is 0.432. The third kappa shape index (κ3) is 6.37. The third-order valence-corrected chi connectivity index (χ3v) is 3.85. The van der Waals surface area contributed by atoms with Gasteiger partial charge in [0.2, 0.25) is 0 Å². The maximum atomic E-state index is 13.3. The van der Waals surface area contributed by atoms with Crippen molar-refractivity contribution < 1.29 is 13.9 Å². The van der Waals surface area contributed by atoms with Crippen LogP contribution in [0, 0.1) is 12.7 Å². The lowest BCUT2D eigenvalue weighted by Crippen LogP contribution is -2.36. The molecule has 0 aliphatic rings. The Hall–Kier alpha value is -2.60. The molecule has 2 aromatic carbocycles. The smallest absolute Gasteiger partial charge is 0.191 e. The molecule has 0 saturated heterocycles. The number of halogens is 1. The predicted octanol–water partition coefficient (Wildman–Crippen LogP) is 3.02. The summed E-state index contributed by atoms with van der Waals surface area (Å²) >= 11 is 0. The van der Waals surface area contributed by atoms with Crippen LogP contribution in [0.1, 0.15) is 16.7 Å². The number of methoxy groups -OCH3 is 1. The number of rotatable bonds is 8. The van der Waals surface area contributed by atoms with Crippen molar-refractivity contribution in [3.8, 4) is 5.75 Å². The Balaban J connectivity index is 1.80. The molecule has 5 nitrogen and oxygen atoms in total. The fourth-order valence-electron chi connectivity index (χ4n) is 2.36. The van der Waals surface area contributed by atoms with Crippen LogP contribution in [0.3, 0.4) is 0 Å². The van der Waals surface area contributed by atoms with E-state index in [1.165, 1.54) is 6.07 Å². The van der Waals surface area contributed by atoms with Gasteiger partial charge in [0.15, 0.2) is 5.96 Å². The average molecular weight is 359 g/mol. The average Bonchev–Trinajstić information content (AvgIpc) is 2.66. The van der Waals surface area contributed by atoms with Gasteiger partial charge in [-0.3, -0.25) is 4.99 Å². The number of nitrogens with zero attached hydrogens (tertiary/aromatic N) is 1. The number of ether oxygens (including phenoxy) is 2. The van der Waals surface area contributed by atoms with E-state index in [9.17, 15) is 4.39 Å². The highest BCUT2D eigenvalue weighted by atomic mass is 19.1. The molecule has 2 N–H and O–H groups in total. The van der Waals surface area contributed by atoms with Gasteiger partial charge in [-0.05, 0) is 41.8 Å². The Morgan fingerprint density at radius 2 is 1.65 bits per heavy atom. The van der Waals surface area contributed by atoms with Crippen LogP contribution in [-0.2, 0) is 17.8 Å². The van der Waals surface area contributed by atoms with Crippen LogP contribution in [0.2, 0.25) is 0 Å². The van der Waals surface area contributed by atoms with Crippen molar-refractivity contribution in [1.82, 2.24) is 10.6 Å². The molecule has 0 unspecified atom stereocenters. The van der Waals surface area contributed by atoms with Gasteiger partial charge in [0.1, 0.15) is 18.2 Å². The maximum absolute atomic E-state index is 13.3. The summed E-state index contributed by atoms with van der Waals surface area (Å²) in [6.07, 6.45) is 0. The largest absolute Gasteiger partial charge is 0.491 e. The van der Waals surface area contributed by atoms with Crippen molar-refractivity contribution in [2.24, 2.45) is 4.99 Å². The summed E-state index contributed by atoms with van der Waals surface area (Å²) in [5, 5.41) is 6.48. The van der Waals surface area contributed by atoms with Gasteiger partial charge >= 0.3 is 0 Å². The summed E-state index contributed by atoms with van der Waals surface area (Å²) in [5.41, 5.74) is 2.76. The summed E-state index contributed by atoms with van der Waals surface area (Å²) in [5.74, 6) is 1.32. The van der Waals surface area contributed by atoms with Crippen molar-refractivity contribution in [2.75, 3.05) is 27.4 Å². The van der Waals surface area contributed by atoms with Crippen LogP contribution in [0.5, 0.6) is 5.75 Å². The van der Waals surface area contributed by atoms with Crippen LogP contribution < -0.4 is 15.4 Å². The Morgan fingerprint density at radius 3 is 2.27 bits per heavy atom. The second-order valence-corrected chi connectivity index (χ2v) is 5.85. The predicted molar refractivity (Wildman–Crippen MR) is 102 cm³/mol. The summed E-state index contributed by atoms with van der Waals surface area (Å²) in [7, 11) is 3.37. The van der Waals surface area contributed by atoms with E-state index in [1.807, 2.05) is 30.3 Å². The summed E-state index contributed by atoms with van der Waals surface area (Å²) in [6, 6.07) is 13.0. The molecule has 0 radical (unpaired) electrons. The molecule has 0 atom stereocenters. The van der Waals surface area contributed by atoms with Crippen molar-refractivity contribution >= 4 is 5.96 Å². The van der Waals surface area contributed by atoms with Crippen LogP contribution in [0.25, 0.3) is 0 Å². The highest BCUT2D eigenvalue weighted by molar-refractivity contribution is 5.79. The van der Waals surface area contributed by atoms with Gasteiger partial charge in [-0.15, -0.1) is 0 Å². The Morgan fingerprint density at radius 1 is 1.00 bits per heavy atom. The second kappa shape index (κ2) is 10.4. The fraction of sp³-hybridized carbons (Fsp3) is 0.350. The minimum Gasteiger partial charge on any atom is -0.491 e. The van der Waals surface area contributed by atoms with E-state index >= 15 is 0 Å². The zero-order valence-corrected chi connectivity index (χ0v) is 15.5. The standard InChI is InChI=1S/C20H26FN3O2/c1-15-12-17(6-9-19(15)21)14-24-20(22-2)23-13-16-4-7-18(8-5-16)26-11-10-25-3/h4-9,12H,10-11,13-14H2,1-3H3,(H2,22,23,24). The second-order valence-electron chi connectivity index (χ2n) is 5.85. The SMILES string of the molecule is CN=C(NCc1ccc(OCCOC)cc1)NCc1ccc(F)c(C)c1. The van der Waals surface area contributed by atoms with Crippen molar-refractivity contribution in [2.45, 2.75) is 20.0 Å². The molecule has 0 bridgehead atoms. The lowest BCUT2D eigenvalue weighted by Gasteiger charge is -2.13. The van der Waals surface area contributed by atoms with E-state index in [2.05, 4.69) is 15.6 Å². The molecule has 0 aromatic heterocycles. The zero-order chi connectivity index (χ0) is 18.8.